The number of rotatable bonds is 22. The van der Waals surface area contributed by atoms with E-state index in [4.69, 9.17) is 26.0 Å². The maximum atomic E-state index is 13.8. The summed E-state index contributed by atoms with van der Waals surface area (Å²) in [5.41, 5.74) is 10.5. The van der Waals surface area contributed by atoms with Crippen LogP contribution in [0.5, 0.6) is 0 Å². The average molecular weight is 805 g/mol. The number of phosphoric ester groups is 1. The van der Waals surface area contributed by atoms with E-state index in [0.29, 0.717) is 32.1 Å². The fraction of sp³-hybridized carbons (Fsp3) is 0.533. The normalized spacial score (nSPS) is 10.9. The molecule has 0 atom stereocenters. The van der Waals surface area contributed by atoms with E-state index in [2.05, 4.69) is 35.2 Å². The molecule has 0 unspecified atom stereocenters. The topological polar surface area (TPSA) is 243 Å². The highest BCUT2D eigenvalue weighted by Crippen LogP contribution is 2.36. The minimum Gasteiger partial charge on any atom is -0.396 e. The Balaban J connectivity index is 0.000000546. The van der Waals surface area contributed by atoms with Gasteiger partial charge in [0.1, 0.15) is 22.5 Å². The highest BCUT2D eigenvalue weighted by Gasteiger charge is 2.30. The first-order valence-electron chi connectivity index (χ1n) is 16.2. The molecule has 0 saturated heterocycles. The lowest BCUT2D eigenvalue weighted by atomic mass is 10.1. The van der Waals surface area contributed by atoms with Gasteiger partial charge in [-0.3, -0.25) is 14.1 Å². The van der Waals surface area contributed by atoms with Gasteiger partial charge < -0.3 is 25.5 Å². The maximum absolute atomic E-state index is 13.8. The summed E-state index contributed by atoms with van der Waals surface area (Å²) in [6, 6.07) is 0. The lowest BCUT2D eigenvalue weighted by Gasteiger charge is -2.10. The zero-order valence-corrected chi connectivity index (χ0v) is 29.3. The Hall–Kier alpha value is -4.49. The smallest absolute Gasteiger partial charge is 0.396 e. The van der Waals surface area contributed by atoms with Crippen molar-refractivity contribution in [2.75, 3.05) is 26.3 Å². The number of amides is 2. The van der Waals surface area contributed by atoms with Crippen LogP contribution >= 0.6 is 7.82 Å². The Kier molecular flexibility index (Phi) is 21.8. The Labute approximate surface area is 302 Å². The highest BCUT2D eigenvalue weighted by molar-refractivity contribution is 7.46. The van der Waals surface area contributed by atoms with Crippen molar-refractivity contribution in [2.45, 2.75) is 77.0 Å². The minimum atomic E-state index is -4.45. The predicted octanol–water partition coefficient (Wildman–Crippen LogP) is 8.61. The molecular weight excluding hydrogens is 767 g/mol. The number of carbonyl (C=O) groups excluding carboxylic acids is 2. The molecule has 300 valence electrons. The van der Waals surface area contributed by atoms with Gasteiger partial charge >= 0.3 is 7.82 Å². The van der Waals surface area contributed by atoms with Crippen LogP contribution in [-0.2, 0) is 9.09 Å². The summed E-state index contributed by atoms with van der Waals surface area (Å²) in [7, 11) is -4.45. The fourth-order valence-corrected chi connectivity index (χ4v) is 4.91. The van der Waals surface area contributed by atoms with E-state index in [1.54, 1.807) is 0 Å². The third kappa shape index (κ3) is 15.5. The van der Waals surface area contributed by atoms with E-state index in [9.17, 15) is 49.3 Å². The van der Waals surface area contributed by atoms with Crippen molar-refractivity contribution in [1.29, 1.82) is 0 Å². The molecule has 0 heterocycles. The van der Waals surface area contributed by atoms with Gasteiger partial charge in [-0.2, -0.15) is 0 Å². The van der Waals surface area contributed by atoms with Crippen molar-refractivity contribution in [1.82, 2.24) is 10.6 Å². The SMILES string of the molecule is [N-]=[N+]=Nc1c(F)c(F)c(C(=O)NCCCCCCCCO)c(F)c1F.[N-]=[N+]=Nc1c(F)c(F)c(C(=O)NCCCCCCCCOP(=O)(O)O)c(F)c1F. The molecule has 0 fully saturated rings. The number of unbranched alkanes of at least 4 members (excludes halogenated alkanes) is 10. The van der Waals surface area contributed by atoms with Crippen molar-refractivity contribution >= 4 is 31.0 Å². The molecule has 0 spiro atoms. The van der Waals surface area contributed by atoms with Crippen molar-refractivity contribution in [2.24, 2.45) is 10.2 Å². The molecule has 0 saturated carbocycles. The molecule has 0 aliphatic carbocycles. The Morgan fingerprint density at radius 2 is 0.889 bits per heavy atom. The number of halogens is 8. The molecule has 0 radical (unpaired) electrons. The highest BCUT2D eigenvalue weighted by atomic mass is 31.2. The number of aliphatic hydroxyl groups excluding tert-OH is 1. The van der Waals surface area contributed by atoms with E-state index in [1.807, 2.05) is 0 Å². The Morgan fingerprint density at radius 3 is 1.20 bits per heavy atom. The van der Waals surface area contributed by atoms with Gasteiger partial charge in [-0.15, -0.1) is 0 Å². The molecule has 0 aromatic heterocycles. The molecule has 0 aliphatic rings. The van der Waals surface area contributed by atoms with Gasteiger partial charge in [0.25, 0.3) is 11.8 Å². The molecule has 0 bridgehead atoms. The largest absolute Gasteiger partial charge is 0.469 e. The second-order valence-electron chi connectivity index (χ2n) is 11.1. The molecule has 2 aromatic rings. The van der Waals surface area contributed by atoms with E-state index in [0.717, 1.165) is 44.9 Å². The third-order valence-electron chi connectivity index (χ3n) is 7.21. The molecule has 2 aromatic carbocycles. The molecule has 2 rings (SSSR count). The number of benzene rings is 2. The molecule has 15 nitrogen and oxygen atoms in total. The van der Waals surface area contributed by atoms with E-state index >= 15 is 0 Å². The quantitative estimate of drug-likeness (QED) is 0.0147. The number of carbonyl (C=O) groups is 2. The van der Waals surface area contributed by atoms with Crippen molar-refractivity contribution < 1.29 is 68.7 Å². The first-order valence-corrected chi connectivity index (χ1v) is 17.8. The van der Waals surface area contributed by atoms with E-state index in [1.165, 1.54) is 0 Å². The van der Waals surface area contributed by atoms with Crippen LogP contribution in [0.15, 0.2) is 10.2 Å². The van der Waals surface area contributed by atoms with E-state index < -0.39 is 88.7 Å². The zero-order chi connectivity index (χ0) is 40.8. The van der Waals surface area contributed by atoms with Gasteiger partial charge in [-0.25, -0.2) is 39.7 Å². The molecule has 24 heteroatoms. The first kappa shape index (κ1) is 47.5. The van der Waals surface area contributed by atoms with Gasteiger partial charge in [0.05, 0.1) is 6.61 Å². The van der Waals surface area contributed by atoms with Gasteiger partial charge in [-0.05, 0) is 36.7 Å². The molecule has 0 aliphatic heterocycles. The van der Waals surface area contributed by atoms with Crippen LogP contribution in [0.25, 0.3) is 20.9 Å². The molecule has 5 N–H and O–H groups in total. The van der Waals surface area contributed by atoms with Crippen LogP contribution in [-0.4, -0.2) is 53.0 Å². The second-order valence-corrected chi connectivity index (χ2v) is 12.4. The van der Waals surface area contributed by atoms with Crippen LogP contribution in [0.4, 0.5) is 46.5 Å². The average Bonchev–Trinajstić information content (AvgIpc) is 3.12. The summed E-state index contributed by atoms with van der Waals surface area (Å²) in [5, 5.41) is 18.0. The zero-order valence-electron chi connectivity index (χ0n) is 28.4. The van der Waals surface area contributed by atoms with Crippen LogP contribution in [0.1, 0.15) is 97.8 Å². The van der Waals surface area contributed by atoms with Gasteiger partial charge in [0, 0.05) is 29.5 Å². The standard InChI is InChI=1S/C15H19F4N4O5P.C15H18F4N4O2/c16-10-9(11(17)13(19)14(12(10)18)22-23-20)15(24)21-7-5-3-1-2-4-6-8-28-29(25,26)27;16-10-9(11(17)13(19)14(12(10)18)22-23-20)15(25)21-7-5-3-1-2-4-6-8-24/h1-8H2,(H,21,24)(H2,25,26,27);24H,1-8H2,(H,21,25). The number of nitrogens with zero attached hydrogens (tertiary/aromatic N) is 6. The van der Waals surface area contributed by atoms with Crippen molar-refractivity contribution in [3.05, 3.63) is 78.6 Å². The van der Waals surface area contributed by atoms with Crippen molar-refractivity contribution in [3.63, 3.8) is 0 Å². The minimum absolute atomic E-state index is 0.000366. The summed E-state index contributed by atoms with van der Waals surface area (Å²) >= 11 is 0. The van der Waals surface area contributed by atoms with Gasteiger partial charge in [0.15, 0.2) is 46.5 Å². The number of hydrogen-bond donors (Lipinski definition) is 5. The second kappa shape index (κ2) is 24.8. The Morgan fingerprint density at radius 1 is 0.574 bits per heavy atom. The van der Waals surface area contributed by atoms with Crippen molar-refractivity contribution in [3.8, 4) is 0 Å². The molecular formula is C30H37F8N8O7P. The first-order chi connectivity index (χ1) is 25.5. The number of aliphatic hydroxyl groups is 1. The summed E-state index contributed by atoms with van der Waals surface area (Å²) in [5.74, 6) is -18.2. The molecule has 2 amide bonds. The summed E-state index contributed by atoms with van der Waals surface area (Å²) in [6.07, 6.45) is 8.29. The van der Waals surface area contributed by atoms with Gasteiger partial charge in [-0.1, -0.05) is 61.6 Å². The monoisotopic (exact) mass is 804 g/mol. The number of phosphoric acid groups is 1. The third-order valence-corrected chi connectivity index (χ3v) is 7.73. The fourth-order valence-electron chi connectivity index (χ4n) is 4.55. The lowest BCUT2D eigenvalue weighted by molar-refractivity contribution is 0.0933. The number of nitrogens with one attached hydrogen (secondary N) is 2. The predicted molar refractivity (Wildman–Crippen MR) is 175 cm³/mol. The van der Waals surface area contributed by atoms with Crippen LogP contribution < -0.4 is 10.6 Å². The molecule has 54 heavy (non-hydrogen) atoms. The van der Waals surface area contributed by atoms with Crippen LogP contribution in [0.3, 0.4) is 0 Å². The summed E-state index contributed by atoms with van der Waals surface area (Å²) < 4.78 is 124. The van der Waals surface area contributed by atoms with Crippen LogP contribution in [0.2, 0.25) is 0 Å². The van der Waals surface area contributed by atoms with Gasteiger partial charge in [0.2, 0.25) is 0 Å². The number of azide groups is 2. The Bertz CT molecular complexity index is 1680. The number of hydrogen-bond acceptors (Lipinski definition) is 7. The van der Waals surface area contributed by atoms with E-state index in [-0.39, 0.29) is 26.3 Å². The maximum Gasteiger partial charge on any atom is 0.469 e. The summed E-state index contributed by atoms with van der Waals surface area (Å²) in [6.45, 7) is 0.154. The summed E-state index contributed by atoms with van der Waals surface area (Å²) in [4.78, 5) is 44.8. The lowest BCUT2D eigenvalue weighted by Crippen LogP contribution is -2.27. The van der Waals surface area contributed by atoms with Crippen LogP contribution in [0, 0.1) is 46.5 Å².